The van der Waals surface area contributed by atoms with Crippen molar-refractivity contribution in [3.63, 3.8) is 0 Å². The second-order valence-corrected chi connectivity index (χ2v) is 14.9. The number of hydrogen-bond donors (Lipinski definition) is 0. The normalized spacial score (nSPS) is 14.6. The molecule has 1 aliphatic rings. The molecule has 0 fully saturated rings. The first-order chi connectivity index (χ1) is 29.5. The van der Waals surface area contributed by atoms with Gasteiger partial charge in [-0.05, 0) is 73.7 Å². The fourth-order valence-electron chi connectivity index (χ4n) is 7.87. The second-order valence-electron chi connectivity index (χ2n) is 14.9. The molecule has 0 unspecified atom stereocenters. The number of hydrogen-bond acceptors (Lipinski definition) is 6. The van der Waals surface area contributed by atoms with Crippen LogP contribution in [0.1, 0.15) is 98.4 Å². The highest BCUT2D eigenvalue weighted by Crippen LogP contribution is 2.52. The van der Waals surface area contributed by atoms with Crippen LogP contribution in [0.25, 0.3) is 62.2 Å². The van der Waals surface area contributed by atoms with Crippen molar-refractivity contribution in [3.05, 3.63) is 198 Å². The highest BCUT2D eigenvalue weighted by Gasteiger charge is 2.38. The van der Waals surface area contributed by atoms with Crippen LogP contribution < -0.4 is 0 Å². The van der Waals surface area contributed by atoms with Crippen LogP contribution in [0.2, 0.25) is 13.6 Å². The molecule has 0 saturated carbocycles. The topological polar surface area (TPSA) is 77.8 Å². The number of nitrogens with zero attached hydrogens (tertiary/aromatic N) is 4. The van der Waals surface area contributed by atoms with Crippen molar-refractivity contribution in [1.82, 2.24) is 19.9 Å². The lowest BCUT2D eigenvalue weighted by Gasteiger charge is -2.22. The number of allylic oxidation sites excluding steroid dienone is 15. The lowest BCUT2D eigenvalue weighted by Crippen LogP contribution is -2.15. The Hall–Kier alpha value is -6.79. The van der Waals surface area contributed by atoms with Gasteiger partial charge in [0, 0.05) is 50.0 Å². The minimum absolute atomic E-state index is 0.263. The fourth-order valence-corrected chi connectivity index (χ4v) is 7.87. The molecule has 0 aliphatic heterocycles. The lowest BCUT2D eigenvalue weighted by molar-refractivity contribution is 0.539. The minimum atomic E-state index is -0.263. The van der Waals surface area contributed by atoms with Gasteiger partial charge in [0.25, 0.3) is 0 Å². The molecule has 0 saturated heterocycles. The van der Waals surface area contributed by atoms with Crippen LogP contribution >= 0.6 is 0 Å². The van der Waals surface area contributed by atoms with Gasteiger partial charge in [-0.3, -0.25) is 0 Å². The lowest BCUT2D eigenvalue weighted by atomic mass is 9.77. The number of fused-ring (bicyclic) bond motifs is 5. The van der Waals surface area contributed by atoms with E-state index in [1.165, 1.54) is 17.5 Å². The van der Waals surface area contributed by atoms with Gasteiger partial charge in [-0.2, -0.15) is 0 Å². The number of oxazole rings is 1. The third-order valence-corrected chi connectivity index (χ3v) is 10.8. The molecule has 8 heteroatoms. The van der Waals surface area contributed by atoms with Crippen molar-refractivity contribution >= 4 is 65.7 Å². The maximum atomic E-state index is 7.03. The van der Waals surface area contributed by atoms with Crippen LogP contribution in [0.15, 0.2) is 150 Å². The average molecular weight is 799 g/mol. The Morgan fingerprint density at radius 2 is 1.46 bits per heavy atom. The zero-order valence-electron chi connectivity index (χ0n) is 36.6. The molecule has 2 aromatic carbocycles. The van der Waals surface area contributed by atoms with Crippen molar-refractivity contribution in [3.8, 4) is 11.1 Å². The zero-order valence-corrected chi connectivity index (χ0v) is 36.6. The fraction of sp³-hybridized carbons (Fsp3) is 0.170. The molecule has 61 heavy (non-hydrogen) atoms. The van der Waals surface area contributed by atoms with Crippen molar-refractivity contribution in [2.24, 2.45) is 0 Å². The monoisotopic (exact) mass is 798 g/mol. The summed E-state index contributed by atoms with van der Waals surface area (Å²) in [5.74, 6) is 6.82. The third-order valence-electron chi connectivity index (χ3n) is 10.8. The summed E-state index contributed by atoms with van der Waals surface area (Å²) < 4.78 is 13.0. The predicted molar refractivity (Wildman–Crippen MR) is 262 cm³/mol. The van der Waals surface area contributed by atoms with Gasteiger partial charge in [-0.1, -0.05) is 139 Å². The van der Waals surface area contributed by atoms with Gasteiger partial charge < -0.3 is 8.83 Å². The molecule has 0 atom stereocenters. The summed E-state index contributed by atoms with van der Waals surface area (Å²) in [6, 6.07) is 10.8. The Morgan fingerprint density at radius 1 is 0.754 bits per heavy atom. The number of aromatic nitrogens is 4. The zero-order chi connectivity index (χ0) is 43.8. The minimum Gasteiger partial charge on any atom is -0.455 e. The van der Waals surface area contributed by atoms with Gasteiger partial charge in [-0.15, -0.1) is 12.0 Å². The van der Waals surface area contributed by atoms with E-state index in [4.69, 9.17) is 23.8 Å². The van der Waals surface area contributed by atoms with E-state index in [-0.39, 0.29) is 5.41 Å². The molecule has 0 bridgehead atoms. The summed E-state index contributed by atoms with van der Waals surface area (Å²) >= 11 is 0. The van der Waals surface area contributed by atoms with E-state index < -0.39 is 0 Å². The predicted octanol–water partition coefficient (Wildman–Crippen LogP) is 13.8. The molecule has 302 valence electrons. The molecule has 2 radical (unpaired) electrons. The van der Waals surface area contributed by atoms with E-state index in [1.54, 1.807) is 6.08 Å². The molecule has 0 spiro atoms. The molecule has 1 aliphatic carbocycles. The van der Waals surface area contributed by atoms with Gasteiger partial charge in [0.05, 0.1) is 0 Å². The van der Waals surface area contributed by atoms with Gasteiger partial charge in [-0.25, -0.2) is 19.9 Å². The molecule has 6 rings (SSSR count). The summed E-state index contributed by atoms with van der Waals surface area (Å²) in [7, 11) is 3.96. The first kappa shape index (κ1) is 43.8. The Balaban J connectivity index is 1.47. The Morgan fingerprint density at radius 3 is 2.10 bits per heavy atom. The summed E-state index contributed by atoms with van der Waals surface area (Å²) in [6.45, 7) is 33.4. The van der Waals surface area contributed by atoms with Gasteiger partial charge in [0.1, 0.15) is 31.6 Å². The van der Waals surface area contributed by atoms with E-state index in [0.29, 0.717) is 40.1 Å². The summed E-state index contributed by atoms with van der Waals surface area (Å²) in [4.78, 5) is 19.2. The largest absolute Gasteiger partial charge is 0.455 e. The van der Waals surface area contributed by atoms with Crippen molar-refractivity contribution in [2.75, 3.05) is 0 Å². The third kappa shape index (κ3) is 8.36. The molecule has 6 nitrogen and oxygen atoms in total. The smallest absolute Gasteiger partial charge is 0.182 e. The van der Waals surface area contributed by atoms with Crippen molar-refractivity contribution in [2.45, 2.75) is 60.6 Å². The first-order valence-electron chi connectivity index (χ1n) is 20.5. The van der Waals surface area contributed by atoms with Gasteiger partial charge >= 0.3 is 0 Å². The highest BCUT2D eigenvalue weighted by atomic mass is 16.3. The molecule has 3 aromatic heterocycles. The number of furan rings is 1. The number of rotatable bonds is 16. The molecular formula is C53H52B2N4O2. The summed E-state index contributed by atoms with van der Waals surface area (Å²) in [5.41, 5.74) is 13.6. The maximum absolute atomic E-state index is 7.03. The molecule has 0 N–H and O–H groups in total. The second kappa shape index (κ2) is 19.1. The molecule has 0 amide bonds. The molecular weight excluding hydrogens is 746 g/mol. The SMILES string of the molecule is C=C\C(=C/C(=C\C)C(=C/[B]C)/c1oc(/C(=C\C)c2ccc3c(c2)C(C)(C)c2ccc4ncoc4c2-3)c(C=C)c1C=C)c1nc(C(=C)/C=C\C=C/C)nc(C(/C=C\C)=C/[B]C)n1. The molecule has 5 aromatic rings. The maximum Gasteiger partial charge on any atom is 0.182 e. The van der Waals surface area contributed by atoms with Crippen LogP contribution in [-0.2, 0) is 5.41 Å². The van der Waals surface area contributed by atoms with Gasteiger partial charge in [0.15, 0.2) is 29.4 Å². The highest BCUT2D eigenvalue weighted by molar-refractivity contribution is 6.42. The van der Waals surface area contributed by atoms with Crippen LogP contribution in [0.4, 0.5) is 0 Å². The van der Waals surface area contributed by atoms with Crippen molar-refractivity contribution < 1.29 is 8.83 Å². The Kier molecular flexibility index (Phi) is 13.7. The standard InChI is InChI=1S/C53H52B2N4O2/c1-13-20-21-23-33(8)50-57-51(59-52(58-50)37(22-14-2)30-54-11)35(16-4)28-34(15-3)42(31-55-12)48-40(19-7)39(18-6)47(61-48)38(17-5)36-24-25-41-44(29-36)53(9,10)43-26-27-45-49(46(41)43)60-32-56-45/h13-32H,4,6-8H2,1-3,5,9-12H3/b20-13-,22-14-,23-21-,34-15+,35-28+,37-30+,38-17-,42-31-. The van der Waals surface area contributed by atoms with E-state index in [1.807, 2.05) is 135 Å². The quantitative estimate of drug-likeness (QED) is 0.0731. The van der Waals surface area contributed by atoms with E-state index in [0.717, 1.165) is 61.2 Å². The first-order valence-corrected chi connectivity index (χ1v) is 20.5. The van der Waals surface area contributed by atoms with E-state index in [9.17, 15) is 0 Å². The van der Waals surface area contributed by atoms with Crippen LogP contribution in [-0.4, -0.2) is 34.5 Å². The molecule has 3 heterocycles. The van der Waals surface area contributed by atoms with Gasteiger partial charge in [0.2, 0.25) is 0 Å². The van der Waals surface area contributed by atoms with Crippen LogP contribution in [0, 0.1) is 0 Å². The van der Waals surface area contributed by atoms with Crippen molar-refractivity contribution in [1.29, 1.82) is 0 Å². The van der Waals surface area contributed by atoms with Crippen LogP contribution in [0.3, 0.4) is 0 Å². The Bertz CT molecular complexity index is 2810. The average Bonchev–Trinajstić information content (AvgIpc) is 3.96. The van der Waals surface area contributed by atoms with E-state index in [2.05, 4.69) is 75.5 Å². The van der Waals surface area contributed by atoms with Crippen LogP contribution in [0.5, 0.6) is 0 Å². The Labute approximate surface area is 362 Å². The summed E-state index contributed by atoms with van der Waals surface area (Å²) in [6.07, 6.45) is 24.8. The van der Waals surface area contributed by atoms with E-state index >= 15 is 0 Å². The summed E-state index contributed by atoms with van der Waals surface area (Å²) in [5, 5.41) is 0. The number of benzene rings is 2.